The Balaban J connectivity index is 2.29. The molecule has 1 rings (SSSR count). The zero-order valence-corrected chi connectivity index (χ0v) is 5.31. The van der Waals surface area contributed by atoms with Crippen LogP contribution in [-0.4, -0.2) is 30.5 Å². The second-order valence-electron chi connectivity index (χ2n) is 2.48. The second-order valence-corrected chi connectivity index (χ2v) is 2.48. The molecule has 0 aromatic carbocycles. The van der Waals surface area contributed by atoms with Gasteiger partial charge in [-0.3, -0.25) is 0 Å². The van der Waals surface area contributed by atoms with E-state index in [4.69, 9.17) is 5.11 Å². The van der Waals surface area contributed by atoms with Gasteiger partial charge >= 0.3 is 0 Å². The third-order valence-electron chi connectivity index (χ3n) is 1.55. The molecule has 0 aromatic rings. The molecule has 2 atom stereocenters. The van der Waals surface area contributed by atoms with Crippen LogP contribution in [0.15, 0.2) is 0 Å². The molecule has 1 fully saturated rings. The Morgan fingerprint density at radius 1 is 1.56 bits per heavy atom. The van der Waals surface area contributed by atoms with Crippen LogP contribution in [0.5, 0.6) is 0 Å². The molecule has 0 amide bonds. The average molecular weight is 133 g/mol. The molecule has 1 aliphatic rings. The van der Waals surface area contributed by atoms with Gasteiger partial charge in [-0.1, -0.05) is 0 Å². The van der Waals surface area contributed by atoms with Crippen molar-refractivity contribution in [2.75, 3.05) is 13.1 Å². The van der Waals surface area contributed by atoms with Crippen molar-refractivity contribution in [1.82, 2.24) is 5.32 Å². The Labute approximate surface area is 54.1 Å². The van der Waals surface area contributed by atoms with E-state index in [2.05, 4.69) is 5.32 Å². The zero-order chi connectivity index (χ0) is 6.69. The van der Waals surface area contributed by atoms with Crippen molar-refractivity contribution in [3.63, 3.8) is 0 Å². The fourth-order valence-corrected chi connectivity index (χ4v) is 1.02. The fourth-order valence-electron chi connectivity index (χ4n) is 1.02. The molecule has 0 aliphatic carbocycles. The predicted molar refractivity (Wildman–Crippen MR) is 33.0 cm³/mol. The first kappa shape index (κ1) is 6.96. The molecule has 0 aromatic heterocycles. The number of aliphatic hydroxyl groups is 1. The molecule has 0 radical (unpaired) electrons. The summed E-state index contributed by atoms with van der Waals surface area (Å²) in [6, 6.07) is 0. The van der Waals surface area contributed by atoms with Crippen molar-refractivity contribution in [3.05, 3.63) is 0 Å². The topological polar surface area (TPSA) is 32.3 Å². The first-order valence-electron chi connectivity index (χ1n) is 3.32. The maximum absolute atomic E-state index is 12.5. The third kappa shape index (κ3) is 2.28. The van der Waals surface area contributed by atoms with E-state index < -0.39 is 12.3 Å². The van der Waals surface area contributed by atoms with E-state index in [-0.39, 0.29) is 0 Å². The van der Waals surface area contributed by atoms with Gasteiger partial charge in [-0.15, -0.1) is 0 Å². The lowest BCUT2D eigenvalue weighted by Crippen LogP contribution is -2.21. The van der Waals surface area contributed by atoms with Gasteiger partial charge in [-0.25, -0.2) is 4.39 Å². The van der Waals surface area contributed by atoms with Crippen LogP contribution in [0.3, 0.4) is 0 Å². The van der Waals surface area contributed by atoms with E-state index in [9.17, 15) is 4.39 Å². The molecule has 2 N–H and O–H groups in total. The summed E-state index contributed by atoms with van der Waals surface area (Å²) in [7, 11) is 0. The van der Waals surface area contributed by atoms with Gasteiger partial charge < -0.3 is 10.4 Å². The minimum Gasteiger partial charge on any atom is -0.393 e. The molecule has 0 bridgehead atoms. The lowest BCUT2D eigenvalue weighted by molar-refractivity contribution is 0.133. The molecule has 0 saturated carbocycles. The second kappa shape index (κ2) is 3.13. The van der Waals surface area contributed by atoms with Crippen LogP contribution in [0.4, 0.5) is 4.39 Å². The van der Waals surface area contributed by atoms with Gasteiger partial charge in [0.1, 0.15) is 6.17 Å². The molecule has 54 valence electrons. The fraction of sp³-hybridized carbons (Fsp3) is 1.00. The summed E-state index contributed by atoms with van der Waals surface area (Å²) in [5.41, 5.74) is 0. The standard InChI is InChI=1S/C6H12FNO/c7-5-3-6(9)1-2-8-4-5/h5-6,8-9H,1-4H2. The van der Waals surface area contributed by atoms with Crippen molar-refractivity contribution in [1.29, 1.82) is 0 Å². The van der Waals surface area contributed by atoms with Gasteiger partial charge in [0.25, 0.3) is 0 Å². The first-order valence-corrected chi connectivity index (χ1v) is 3.32. The van der Waals surface area contributed by atoms with Crippen LogP contribution in [0, 0.1) is 0 Å². The normalized spacial score (nSPS) is 38.0. The highest BCUT2D eigenvalue weighted by Gasteiger charge is 2.16. The minimum atomic E-state index is -0.859. The predicted octanol–water partition coefficient (Wildman–Crippen LogP) is 0.0688. The van der Waals surface area contributed by atoms with E-state index in [0.717, 1.165) is 6.54 Å². The Kier molecular flexibility index (Phi) is 2.42. The van der Waals surface area contributed by atoms with Gasteiger partial charge in [-0.2, -0.15) is 0 Å². The zero-order valence-electron chi connectivity index (χ0n) is 5.31. The Bertz CT molecular complexity index is 79.1. The highest BCUT2D eigenvalue weighted by Crippen LogP contribution is 2.07. The van der Waals surface area contributed by atoms with Crippen LogP contribution in [0.1, 0.15) is 12.8 Å². The maximum Gasteiger partial charge on any atom is 0.115 e. The van der Waals surface area contributed by atoms with E-state index >= 15 is 0 Å². The monoisotopic (exact) mass is 133 g/mol. The quantitative estimate of drug-likeness (QED) is 0.490. The lowest BCUT2D eigenvalue weighted by atomic mass is 10.1. The van der Waals surface area contributed by atoms with Crippen LogP contribution in [0.2, 0.25) is 0 Å². The number of hydrogen-bond acceptors (Lipinski definition) is 2. The van der Waals surface area contributed by atoms with Crippen LogP contribution in [-0.2, 0) is 0 Å². The summed E-state index contributed by atoms with van der Waals surface area (Å²) in [5.74, 6) is 0. The van der Waals surface area contributed by atoms with E-state index in [1.54, 1.807) is 0 Å². The number of alkyl halides is 1. The van der Waals surface area contributed by atoms with Crippen LogP contribution >= 0.6 is 0 Å². The van der Waals surface area contributed by atoms with E-state index in [1.165, 1.54) is 0 Å². The van der Waals surface area contributed by atoms with Gasteiger partial charge in [-0.05, 0) is 13.0 Å². The molecule has 1 heterocycles. The molecule has 1 saturated heterocycles. The molecule has 2 unspecified atom stereocenters. The Morgan fingerprint density at radius 2 is 2.33 bits per heavy atom. The van der Waals surface area contributed by atoms with Crippen LogP contribution in [0.25, 0.3) is 0 Å². The van der Waals surface area contributed by atoms with E-state index in [0.29, 0.717) is 19.4 Å². The number of rotatable bonds is 0. The molecule has 3 heteroatoms. The highest BCUT2D eigenvalue weighted by molar-refractivity contribution is 4.71. The summed E-state index contributed by atoms with van der Waals surface area (Å²) in [4.78, 5) is 0. The minimum absolute atomic E-state index is 0.299. The lowest BCUT2D eigenvalue weighted by Gasteiger charge is -2.05. The highest BCUT2D eigenvalue weighted by atomic mass is 19.1. The summed E-state index contributed by atoms with van der Waals surface area (Å²) in [6.45, 7) is 1.14. The Hall–Kier alpha value is -0.150. The average Bonchev–Trinajstić information content (AvgIpc) is 1.93. The molecule has 2 nitrogen and oxygen atoms in total. The van der Waals surface area contributed by atoms with Crippen LogP contribution < -0.4 is 5.32 Å². The summed E-state index contributed by atoms with van der Waals surface area (Å²) in [6.07, 6.45) is -0.314. The summed E-state index contributed by atoms with van der Waals surface area (Å²) in [5, 5.41) is 11.9. The van der Waals surface area contributed by atoms with Crippen molar-refractivity contribution in [2.24, 2.45) is 0 Å². The van der Waals surface area contributed by atoms with Crippen molar-refractivity contribution >= 4 is 0 Å². The van der Waals surface area contributed by atoms with E-state index in [1.807, 2.05) is 0 Å². The molecule has 0 spiro atoms. The maximum atomic E-state index is 12.5. The van der Waals surface area contributed by atoms with Gasteiger partial charge in [0, 0.05) is 13.0 Å². The number of halogens is 1. The smallest absolute Gasteiger partial charge is 0.115 e. The van der Waals surface area contributed by atoms with Crippen molar-refractivity contribution in [2.45, 2.75) is 25.1 Å². The molecular formula is C6H12FNO. The van der Waals surface area contributed by atoms with Gasteiger partial charge in [0.15, 0.2) is 0 Å². The number of hydrogen-bond donors (Lipinski definition) is 2. The molecule has 9 heavy (non-hydrogen) atoms. The number of nitrogens with one attached hydrogen (secondary N) is 1. The molecule has 1 aliphatic heterocycles. The SMILES string of the molecule is OC1CCNCC(F)C1. The first-order chi connectivity index (χ1) is 4.29. The van der Waals surface area contributed by atoms with Gasteiger partial charge in [0.2, 0.25) is 0 Å². The third-order valence-corrected chi connectivity index (χ3v) is 1.55. The summed E-state index contributed by atoms with van der Waals surface area (Å²) >= 11 is 0. The number of aliphatic hydroxyl groups excluding tert-OH is 1. The molecular weight excluding hydrogens is 121 g/mol. The van der Waals surface area contributed by atoms with Gasteiger partial charge in [0.05, 0.1) is 6.10 Å². The van der Waals surface area contributed by atoms with Crippen molar-refractivity contribution in [3.8, 4) is 0 Å². The summed E-state index contributed by atoms with van der Waals surface area (Å²) < 4.78 is 12.5. The Morgan fingerprint density at radius 3 is 3.11 bits per heavy atom. The largest absolute Gasteiger partial charge is 0.393 e. The van der Waals surface area contributed by atoms with Crippen molar-refractivity contribution < 1.29 is 9.50 Å².